The van der Waals surface area contributed by atoms with Gasteiger partial charge in [-0.2, -0.15) is 0 Å². The molecule has 0 aliphatic heterocycles. The molecule has 0 atom stereocenters. The Bertz CT molecular complexity index is 431. The summed E-state index contributed by atoms with van der Waals surface area (Å²) in [5.74, 6) is 0.638. The molecule has 0 spiro atoms. The number of hydrogen-bond donors (Lipinski definition) is 0. The van der Waals surface area contributed by atoms with Crippen molar-refractivity contribution >= 4 is 17.3 Å². The highest BCUT2D eigenvalue weighted by atomic mass is 16.4. The molecule has 0 saturated heterocycles. The van der Waals surface area contributed by atoms with Gasteiger partial charge in [0.2, 0.25) is 5.71 Å². The lowest BCUT2D eigenvalue weighted by atomic mass is 10.3. The van der Waals surface area contributed by atoms with Gasteiger partial charge in [0.1, 0.15) is 5.52 Å². The maximum absolute atomic E-state index is 5.21. The summed E-state index contributed by atoms with van der Waals surface area (Å²) >= 11 is 0. The van der Waals surface area contributed by atoms with Gasteiger partial charge in [-0.15, -0.1) is 0 Å². The van der Waals surface area contributed by atoms with Gasteiger partial charge in [0.05, 0.1) is 0 Å². The lowest BCUT2D eigenvalue weighted by molar-refractivity contribution is 0.551. The monoisotopic (exact) mass is 160 g/mol. The third-order valence-electron chi connectivity index (χ3n) is 1.61. The van der Waals surface area contributed by atoms with E-state index in [9.17, 15) is 0 Å². The summed E-state index contributed by atoms with van der Waals surface area (Å²) in [6.45, 7) is 5.45. The van der Waals surface area contributed by atoms with E-state index >= 15 is 0 Å². The van der Waals surface area contributed by atoms with E-state index in [2.05, 4.69) is 16.5 Å². The van der Waals surface area contributed by atoms with E-state index in [4.69, 9.17) is 4.42 Å². The minimum absolute atomic E-state index is 0.582. The van der Waals surface area contributed by atoms with Gasteiger partial charge in [0.15, 0.2) is 5.89 Å². The van der Waals surface area contributed by atoms with E-state index < -0.39 is 0 Å². The Hall–Kier alpha value is -1.64. The second-order valence-corrected chi connectivity index (χ2v) is 2.53. The first kappa shape index (κ1) is 7.03. The highest BCUT2D eigenvalue weighted by molar-refractivity contribution is 5.71. The lowest BCUT2D eigenvalue weighted by Gasteiger charge is -1.88. The van der Waals surface area contributed by atoms with Crippen molar-refractivity contribution in [1.82, 2.24) is 9.97 Å². The zero-order chi connectivity index (χ0) is 8.55. The molecule has 3 nitrogen and oxygen atoms in total. The first-order chi connectivity index (χ1) is 5.79. The molecule has 0 aliphatic carbocycles. The summed E-state index contributed by atoms with van der Waals surface area (Å²) < 4.78 is 5.21. The molecule has 0 amide bonds. The third-order valence-corrected chi connectivity index (χ3v) is 1.61. The van der Waals surface area contributed by atoms with Crippen molar-refractivity contribution in [2.45, 2.75) is 6.92 Å². The van der Waals surface area contributed by atoms with Crippen LogP contribution in [0.2, 0.25) is 0 Å². The molecular weight excluding hydrogens is 152 g/mol. The first-order valence-electron chi connectivity index (χ1n) is 3.65. The number of pyridine rings is 1. The maximum atomic E-state index is 5.21. The summed E-state index contributed by atoms with van der Waals surface area (Å²) in [4.78, 5) is 8.22. The Labute approximate surface area is 69.8 Å². The van der Waals surface area contributed by atoms with E-state index in [1.165, 1.54) is 0 Å². The number of aryl methyl sites for hydroxylation is 1. The van der Waals surface area contributed by atoms with E-state index in [-0.39, 0.29) is 0 Å². The van der Waals surface area contributed by atoms with Crippen LogP contribution in [0.15, 0.2) is 23.3 Å². The Balaban J connectivity index is 2.74. The average molecular weight is 160 g/mol. The minimum atomic E-state index is 0.582. The standard InChI is InChI=1S/C9H8N2O/c1-3-7-4-8-9(10-5-7)12-6(2)11-8/h3-5H,1H2,2H3. The quantitative estimate of drug-likeness (QED) is 0.641. The smallest absolute Gasteiger partial charge is 0.246 e. The predicted molar refractivity (Wildman–Crippen MR) is 46.6 cm³/mol. The fourth-order valence-electron chi connectivity index (χ4n) is 1.06. The highest BCUT2D eigenvalue weighted by Crippen LogP contribution is 2.13. The molecule has 12 heavy (non-hydrogen) atoms. The van der Waals surface area contributed by atoms with Crippen LogP contribution in [-0.4, -0.2) is 9.97 Å². The van der Waals surface area contributed by atoms with Crippen molar-refractivity contribution in [3.05, 3.63) is 30.3 Å². The molecule has 0 unspecified atom stereocenters. The number of hydrogen-bond acceptors (Lipinski definition) is 3. The summed E-state index contributed by atoms with van der Waals surface area (Å²) in [7, 11) is 0. The Morgan fingerprint density at radius 2 is 2.42 bits per heavy atom. The third kappa shape index (κ3) is 0.993. The second kappa shape index (κ2) is 2.44. The number of fused-ring (bicyclic) bond motifs is 1. The Morgan fingerprint density at radius 1 is 1.58 bits per heavy atom. The second-order valence-electron chi connectivity index (χ2n) is 2.53. The van der Waals surface area contributed by atoms with Gasteiger partial charge >= 0.3 is 0 Å². The molecule has 0 bridgehead atoms. The van der Waals surface area contributed by atoms with Crippen LogP contribution in [0, 0.1) is 6.92 Å². The average Bonchev–Trinajstić information content (AvgIpc) is 2.43. The first-order valence-corrected chi connectivity index (χ1v) is 3.65. The van der Waals surface area contributed by atoms with Crippen LogP contribution >= 0.6 is 0 Å². The molecule has 2 aromatic rings. The van der Waals surface area contributed by atoms with Gasteiger partial charge in [-0.05, 0) is 11.6 Å². The van der Waals surface area contributed by atoms with Crippen molar-refractivity contribution in [1.29, 1.82) is 0 Å². The maximum Gasteiger partial charge on any atom is 0.246 e. The highest BCUT2D eigenvalue weighted by Gasteiger charge is 2.02. The summed E-state index contributed by atoms with van der Waals surface area (Å²) in [5.41, 5.74) is 2.32. The SMILES string of the molecule is C=Cc1cnc2oc(C)nc2c1. The van der Waals surface area contributed by atoms with E-state index in [1.807, 2.05) is 6.07 Å². The molecule has 0 fully saturated rings. The van der Waals surface area contributed by atoms with Crippen LogP contribution in [0.3, 0.4) is 0 Å². The molecular formula is C9H8N2O. The molecule has 60 valence electrons. The Morgan fingerprint density at radius 3 is 3.17 bits per heavy atom. The van der Waals surface area contributed by atoms with Gasteiger partial charge in [-0.25, -0.2) is 9.97 Å². The normalized spacial score (nSPS) is 10.4. The van der Waals surface area contributed by atoms with Crippen molar-refractivity contribution in [3.8, 4) is 0 Å². The van der Waals surface area contributed by atoms with Crippen LogP contribution in [-0.2, 0) is 0 Å². The number of rotatable bonds is 1. The van der Waals surface area contributed by atoms with Gasteiger partial charge < -0.3 is 4.42 Å². The molecule has 0 N–H and O–H groups in total. The molecule has 0 radical (unpaired) electrons. The summed E-state index contributed by atoms with van der Waals surface area (Å²) in [6, 6.07) is 1.89. The lowest BCUT2D eigenvalue weighted by Crippen LogP contribution is -1.76. The predicted octanol–water partition coefficient (Wildman–Crippen LogP) is 2.17. The summed E-state index contributed by atoms with van der Waals surface area (Å²) in [6.07, 6.45) is 3.44. The van der Waals surface area contributed by atoms with Gasteiger partial charge in [0.25, 0.3) is 0 Å². The fraction of sp³-hybridized carbons (Fsp3) is 0.111. The van der Waals surface area contributed by atoms with Crippen molar-refractivity contribution in [3.63, 3.8) is 0 Å². The van der Waals surface area contributed by atoms with Crippen LogP contribution in [0.4, 0.5) is 0 Å². The van der Waals surface area contributed by atoms with Crippen LogP contribution in [0.25, 0.3) is 17.3 Å². The molecule has 0 aromatic carbocycles. The largest absolute Gasteiger partial charge is 0.423 e. The van der Waals surface area contributed by atoms with Crippen molar-refractivity contribution in [2.24, 2.45) is 0 Å². The van der Waals surface area contributed by atoms with E-state index in [0.29, 0.717) is 11.6 Å². The fourth-order valence-corrected chi connectivity index (χ4v) is 1.06. The number of aromatic nitrogens is 2. The molecule has 2 aromatic heterocycles. The number of nitrogens with zero attached hydrogens (tertiary/aromatic N) is 2. The zero-order valence-corrected chi connectivity index (χ0v) is 6.74. The zero-order valence-electron chi connectivity index (χ0n) is 6.74. The van der Waals surface area contributed by atoms with Crippen molar-refractivity contribution in [2.75, 3.05) is 0 Å². The van der Waals surface area contributed by atoms with Gasteiger partial charge in [0, 0.05) is 13.1 Å². The number of oxazole rings is 1. The van der Waals surface area contributed by atoms with Crippen molar-refractivity contribution < 1.29 is 4.42 Å². The molecule has 0 aliphatic rings. The Kier molecular flexibility index (Phi) is 1.43. The van der Waals surface area contributed by atoms with Crippen LogP contribution in [0.5, 0.6) is 0 Å². The summed E-state index contributed by atoms with van der Waals surface area (Å²) in [5, 5.41) is 0. The molecule has 2 rings (SSSR count). The van der Waals surface area contributed by atoms with E-state index in [0.717, 1.165) is 11.1 Å². The molecule has 3 heteroatoms. The molecule has 2 heterocycles. The van der Waals surface area contributed by atoms with Crippen LogP contribution < -0.4 is 0 Å². The van der Waals surface area contributed by atoms with Gasteiger partial charge in [-0.3, -0.25) is 0 Å². The van der Waals surface area contributed by atoms with Crippen LogP contribution in [0.1, 0.15) is 11.5 Å². The molecule has 0 saturated carbocycles. The minimum Gasteiger partial charge on any atom is -0.423 e. The van der Waals surface area contributed by atoms with E-state index in [1.54, 1.807) is 19.2 Å². The topological polar surface area (TPSA) is 38.9 Å². The van der Waals surface area contributed by atoms with Gasteiger partial charge in [-0.1, -0.05) is 12.7 Å².